The minimum Gasteiger partial charge on any atom is -0.394 e. The number of benzene rings is 1. The van der Waals surface area contributed by atoms with Crippen molar-refractivity contribution in [3.63, 3.8) is 0 Å². The van der Waals surface area contributed by atoms with Crippen LogP contribution in [0, 0.1) is 6.92 Å². The Kier molecular flexibility index (Phi) is 5.55. The lowest BCUT2D eigenvalue weighted by molar-refractivity contribution is -0.200. The van der Waals surface area contributed by atoms with E-state index in [0.717, 1.165) is 11.1 Å². The highest BCUT2D eigenvalue weighted by Crippen LogP contribution is 2.42. The van der Waals surface area contributed by atoms with Crippen molar-refractivity contribution < 1.29 is 29.9 Å². The lowest BCUT2D eigenvalue weighted by atomic mass is 10.0. The second-order valence-corrected chi connectivity index (χ2v) is 5.64. The second-order valence-electron chi connectivity index (χ2n) is 5.64. The van der Waals surface area contributed by atoms with E-state index in [4.69, 9.17) is 9.47 Å². The molecule has 1 saturated heterocycles. The van der Waals surface area contributed by atoms with Crippen molar-refractivity contribution in [2.45, 2.75) is 50.5 Å². The maximum absolute atomic E-state index is 9.94. The molecule has 1 fully saturated rings. The van der Waals surface area contributed by atoms with Crippen LogP contribution >= 0.6 is 0 Å². The summed E-state index contributed by atoms with van der Waals surface area (Å²) in [6.45, 7) is 2.80. The predicted octanol–water partition coefficient (Wildman–Crippen LogP) is 0.0482. The van der Waals surface area contributed by atoms with Crippen molar-refractivity contribution in [2.24, 2.45) is 0 Å². The molecule has 4 N–H and O–H groups in total. The zero-order chi connectivity index (χ0) is 16.3. The normalized spacial score (nSPS) is 26.8. The molecule has 0 saturated carbocycles. The maximum Gasteiger partial charge on any atom is 0.195 e. The smallest absolute Gasteiger partial charge is 0.195 e. The van der Waals surface area contributed by atoms with E-state index in [1.54, 1.807) is 0 Å². The van der Waals surface area contributed by atoms with Crippen molar-refractivity contribution >= 4 is 0 Å². The first-order valence-electron chi connectivity index (χ1n) is 7.48. The van der Waals surface area contributed by atoms with Crippen LogP contribution in [0.4, 0.5) is 0 Å². The zero-order valence-corrected chi connectivity index (χ0v) is 12.8. The van der Waals surface area contributed by atoms with Gasteiger partial charge in [0.05, 0.1) is 13.2 Å². The molecule has 1 aliphatic rings. The van der Waals surface area contributed by atoms with Crippen molar-refractivity contribution in [1.29, 1.82) is 0 Å². The Hall–Kier alpha value is -1.02. The molecule has 0 spiro atoms. The van der Waals surface area contributed by atoms with Crippen LogP contribution in [0.15, 0.2) is 24.3 Å². The molecule has 6 nitrogen and oxygen atoms in total. The third kappa shape index (κ3) is 3.17. The number of ether oxygens (including phenoxy) is 2. The summed E-state index contributed by atoms with van der Waals surface area (Å²) >= 11 is 0. The van der Waals surface area contributed by atoms with E-state index in [2.05, 4.69) is 0 Å². The van der Waals surface area contributed by atoms with E-state index in [-0.39, 0.29) is 0 Å². The summed E-state index contributed by atoms with van der Waals surface area (Å²) in [6.07, 6.45) is -3.80. The highest BCUT2D eigenvalue weighted by molar-refractivity contribution is 5.26. The summed E-state index contributed by atoms with van der Waals surface area (Å²) in [6, 6.07) is 7.59. The fraction of sp³-hybridized carbons (Fsp3) is 0.625. The van der Waals surface area contributed by atoms with Crippen LogP contribution in [0.5, 0.6) is 0 Å². The Bertz CT molecular complexity index is 456. The van der Waals surface area contributed by atoms with Gasteiger partial charge in [-0.05, 0) is 6.92 Å². The quantitative estimate of drug-likeness (QED) is 0.592. The minimum atomic E-state index is -1.20. The first-order valence-corrected chi connectivity index (χ1v) is 7.48. The third-order valence-electron chi connectivity index (χ3n) is 4.07. The molecule has 0 aromatic heterocycles. The number of rotatable bonds is 6. The van der Waals surface area contributed by atoms with Gasteiger partial charge in [0.2, 0.25) is 0 Å². The van der Waals surface area contributed by atoms with Gasteiger partial charge in [-0.2, -0.15) is 0 Å². The molecular weight excluding hydrogens is 288 g/mol. The summed E-state index contributed by atoms with van der Waals surface area (Å²) in [5.74, 6) is -1.12. The Morgan fingerprint density at radius 2 is 1.45 bits per heavy atom. The first kappa shape index (κ1) is 17.3. The van der Waals surface area contributed by atoms with Gasteiger partial charge >= 0.3 is 0 Å². The van der Waals surface area contributed by atoms with Gasteiger partial charge in [-0.1, -0.05) is 36.8 Å². The van der Waals surface area contributed by atoms with Gasteiger partial charge in [-0.25, -0.2) is 0 Å². The molecule has 124 valence electrons. The molecule has 0 aliphatic carbocycles. The molecule has 6 heteroatoms. The van der Waals surface area contributed by atoms with Crippen molar-refractivity contribution in [3.8, 4) is 0 Å². The summed E-state index contributed by atoms with van der Waals surface area (Å²) < 4.78 is 11.8. The fourth-order valence-corrected chi connectivity index (χ4v) is 2.72. The van der Waals surface area contributed by atoms with Crippen molar-refractivity contribution in [1.82, 2.24) is 0 Å². The predicted molar refractivity (Wildman–Crippen MR) is 79.1 cm³/mol. The summed E-state index contributed by atoms with van der Waals surface area (Å²) in [7, 11) is 0. The van der Waals surface area contributed by atoms with Gasteiger partial charge in [-0.15, -0.1) is 0 Å². The molecule has 1 aromatic rings. The molecule has 0 radical (unpaired) electrons. The monoisotopic (exact) mass is 312 g/mol. The third-order valence-corrected chi connectivity index (χ3v) is 4.07. The summed E-state index contributed by atoms with van der Waals surface area (Å²) in [5.41, 5.74) is 1.86. The number of aryl methyl sites for hydroxylation is 1. The molecule has 2 rings (SSSR count). The molecule has 1 aromatic carbocycles. The molecular formula is C16H24O6. The Morgan fingerprint density at radius 3 is 1.82 bits per heavy atom. The summed E-state index contributed by atoms with van der Waals surface area (Å²) in [4.78, 5) is 0. The molecule has 22 heavy (non-hydrogen) atoms. The molecule has 1 heterocycles. The maximum atomic E-state index is 9.94. The van der Waals surface area contributed by atoms with Crippen LogP contribution in [0.2, 0.25) is 0 Å². The average Bonchev–Trinajstić information content (AvgIpc) is 2.95. The standard InChI is InChI=1S/C16H24O6/c1-3-16(11-6-4-10(2)5-7-11)21-14(12(19)8-17)15(22-16)13(20)9-18/h4-7,12-15,17-20H,3,8-9H2,1-2H3/t12-,13-,14-,15-/m1/s1. The number of aliphatic hydroxyl groups is 4. The number of aliphatic hydroxyl groups excluding tert-OH is 4. The van der Waals surface area contributed by atoms with E-state index in [1.165, 1.54) is 0 Å². The number of hydrogen-bond acceptors (Lipinski definition) is 6. The zero-order valence-electron chi connectivity index (χ0n) is 12.8. The van der Waals surface area contributed by atoms with E-state index in [0.29, 0.717) is 6.42 Å². The van der Waals surface area contributed by atoms with Gasteiger partial charge in [0.15, 0.2) is 5.79 Å². The topological polar surface area (TPSA) is 99.4 Å². The average molecular weight is 312 g/mol. The molecule has 0 bridgehead atoms. The summed E-state index contributed by atoms with van der Waals surface area (Å²) in [5, 5.41) is 38.3. The SMILES string of the molecule is CCC1(c2ccc(C)cc2)O[C@H]([C@H](O)CO)[C@@H]([C@H](O)CO)O1. The van der Waals surface area contributed by atoms with Crippen LogP contribution in [0.3, 0.4) is 0 Å². The van der Waals surface area contributed by atoms with E-state index in [1.807, 2.05) is 38.1 Å². The first-order chi connectivity index (χ1) is 10.5. The van der Waals surface area contributed by atoms with Gasteiger partial charge < -0.3 is 29.9 Å². The Balaban J connectivity index is 2.35. The molecule has 4 atom stereocenters. The fourth-order valence-electron chi connectivity index (χ4n) is 2.72. The van der Waals surface area contributed by atoms with Crippen LogP contribution in [-0.2, 0) is 15.3 Å². The van der Waals surface area contributed by atoms with Gasteiger partial charge in [0.25, 0.3) is 0 Å². The number of hydrogen-bond donors (Lipinski definition) is 4. The van der Waals surface area contributed by atoms with Gasteiger partial charge in [-0.3, -0.25) is 0 Å². The Labute approximate surface area is 129 Å². The van der Waals surface area contributed by atoms with Gasteiger partial charge in [0.1, 0.15) is 24.4 Å². The minimum absolute atomic E-state index is 0.458. The second kappa shape index (κ2) is 7.04. The van der Waals surface area contributed by atoms with E-state index < -0.39 is 43.4 Å². The van der Waals surface area contributed by atoms with E-state index >= 15 is 0 Å². The van der Waals surface area contributed by atoms with Crippen LogP contribution in [0.1, 0.15) is 24.5 Å². The van der Waals surface area contributed by atoms with Gasteiger partial charge in [0, 0.05) is 12.0 Å². The van der Waals surface area contributed by atoms with Crippen LogP contribution in [0.25, 0.3) is 0 Å². The lowest BCUT2D eigenvalue weighted by Crippen LogP contribution is -2.45. The van der Waals surface area contributed by atoms with Crippen LogP contribution in [-0.4, -0.2) is 58.1 Å². The van der Waals surface area contributed by atoms with Crippen molar-refractivity contribution in [3.05, 3.63) is 35.4 Å². The van der Waals surface area contributed by atoms with Crippen molar-refractivity contribution in [2.75, 3.05) is 13.2 Å². The van der Waals surface area contributed by atoms with Crippen LogP contribution < -0.4 is 0 Å². The molecule has 1 aliphatic heterocycles. The lowest BCUT2D eigenvalue weighted by Gasteiger charge is -2.28. The highest BCUT2D eigenvalue weighted by atomic mass is 16.8. The Morgan fingerprint density at radius 1 is 1.00 bits per heavy atom. The molecule has 0 unspecified atom stereocenters. The van der Waals surface area contributed by atoms with E-state index in [9.17, 15) is 20.4 Å². The highest BCUT2D eigenvalue weighted by Gasteiger charge is 2.52. The largest absolute Gasteiger partial charge is 0.394 e. The molecule has 0 amide bonds.